The van der Waals surface area contributed by atoms with Crippen LogP contribution in [0, 0.1) is 11.8 Å². The molecule has 4 heteroatoms. The highest BCUT2D eigenvalue weighted by Crippen LogP contribution is 2.35. The van der Waals surface area contributed by atoms with Gasteiger partial charge >= 0.3 is 0 Å². The lowest BCUT2D eigenvalue weighted by Gasteiger charge is -2.22. The number of hydrogen-bond acceptors (Lipinski definition) is 2. The molecule has 0 aromatic carbocycles. The summed E-state index contributed by atoms with van der Waals surface area (Å²) in [5.41, 5.74) is 0. The Morgan fingerprint density at radius 1 is 1.50 bits per heavy atom. The van der Waals surface area contributed by atoms with Crippen LogP contribution < -0.4 is 0 Å². The van der Waals surface area contributed by atoms with Crippen LogP contribution in [0.3, 0.4) is 0 Å². The number of ether oxygens (including phenoxy) is 2. The second-order valence-corrected chi connectivity index (χ2v) is 7.51. The molecule has 1 aliphatic heterocycles. The van der Waals surface area contributed by atoms with Gasteiger partial charge in [-0.25, -0.2) is 0 Å². The molecular formula is C14H28O2P2. The molecule has 0 bridgehead atoms. The molecule has 0 aromatic heterocycles. The highest BCUT2D eigenvalue weighted by molar-refractivity contribution is 8.02. The molecule has 18 heavy (non-hydrogen) atoms. The molecule has 1 heterocycles. The third-order valence-corrected chi connectivity index (χ3v) is 5.35. The summed E-state index contributed by atoms with van der Waals surface area (Å²) in [7, 11) is 5.62. The van der Waals surface area contributed by atoms with Crippen LogP contribution >= 0.6 is 17.2 Å². The number of rotatable bonds is 8. The summed E-state index contributed by atoms with van der Waals surface area (Å²) in [6.07, 6.45) is 7.39. The van der Waals surface area contributed by atoms with Crippen LogP contribution in [0.4, 0.5) is 0 Å². The largest absolute Gasteiger partial charge is 0.378 e. The van der Waals surface area contributed by atoms with Gasteiger partial charge in [0.05, 0.1) is 18.3 Å². The van der Waals surface area contributed by atoms with Crippen LogP contribution in [0.2, 0.25) is 0 Å². The molecule has 0 spiro atoms. The zero-order valence-electron chi connectivity index (χ0n) is 11.9. The summed E-state index contributed by atoms with van der Waals surface area (Å²) in [4.78, 5) is 0. The fourth-order valence-corrected chi connectivity index (χ4v) is 3.97. The van der Waals surface area contributed by atoms with Crippen LogP contribution in [0.25, 0.3) is 0 Å². The molecule has 1 saturated heterocycles. The lowest BCUT2D eigenvalue weighted by atomic mass is 9.92. The van der Waals surface area contributed by atoms with E-state index in [0.29, 0.717) is 5.92 Å². The lowest BCUT2D eigenvalue weighted by Crippen LogP contribution is -2.29. The van der Waals surface area contributed by atoms with Gasteiger partial charge in [0.25, 0.3) is 0 Å². The minimum absolute atomic E-state index is 0.246. The molecule has 1 aliphatic rings. The van der Waals surface area contributed by atoms with Crippen molar-refractivity contribution >= 4 is 17.2 Å². The predicted molar refractivity (Wildman–Crippen MR) is 84.7 cm³/mol. The van der Waals surface area contributed by atoms with Crippen molar-refractivity contribution in [2.24, 2.45) is 11.8 Å². The molecule has 2 unspecified atom stereocenters. The molecule has 0 amide bonds. The number of hydrogen-bond donors (Lipinski definition) is 0. The van der Waals surface area contributed by atoms with E-state index >= 15 is 0 Å². The molecule has 0 N–H and O–H groups in total. The molecule has 0 aromatic rings. The molecule has 2 nitrogen and oxygen atoms in total. The molecule has 0 saturated carbocycles. The first kappa shape index (κ1) is 16.6. The number of methoxy groups -OCH3 is 1. The summed E-state index contributed by atoms with van der Waals surface area (Å²) in [6, 6.07) is 0. The van der Waals surface area contributed by atoms with Gasteiger partial charge in [0.2, 0.25) is 0 Å². The minimum Gasteiger partial charge on any atom is -0.378 e. The van der Waals surface area contributed by atoms with Crippen LogP contribution in [-0.4, -0.2) is 31.6 Å². The van der Waals surface area contributed by atoms with Gasteiger partial charge in [-0.15, -0.1) is 23.8 Å². The molecule has 1 rings (SSSR count). The Bertz CT molecular complexity index is 248. The fourth-order valence-electron chi connectivity index (χ4n) is 2.81. The van der Waals surface area contributed by atoms with Crippen molar-refractivity contribution in [3.8, 4) is 0 Å². The Balaban J connectivity index is 2.50. The van der Waals surface area contributed by atoms with Crippen molar-refractivity contribution in [3.63, 3.8) is 0 Å². The maximum Gasteiger partial charge on any atom is 0.0883 e. The van der Waals surface area contributed by atoms with Crippen LogP contribution in [0.1, 0.15) is 33.1 Å². The molecule has 106 valence electrons. The highest BCUT2D eigenvalue weighted by atomic mass is 32.0. The van der Waals surface area contributed by atoms with Gasteiger partial charge in [0, 0.05) is 13.0 Å². The van der Waals surface area contributed by atoms with Crippen molar-refractivity contribution in [1.82, 2.24) is 0 Å². The van der Waals surface area contributed by atoms with E-state index in [1.54, 1.807) is 0 Å². The second-order valence-electron chi connectivity index (χ2n) is 5.38. The monoisotopic (exact) mass is 290 g/mol. The average Bonchev–Trinajstić information content (AvgIpc) is 2.63. The molecule has 0 radical (unpaired) electrons. The Labute approximate surface area is 116 Å². The van der Waals surface area contributed by atoms with Gasteiger partial charge in [-0.3, -0.25) is 0 Å². The Hall–Kier alpha value is 0.520. The third-order valence-electron chi connectivity index (χ3n) is 3.91. The normalized spacial score (nSPS) is 34.2. The smallest absolute Gasteiger partial charge is 0.0883 e. The summed E-state index contributed by atoms with van der Waals surface area (Å²) in [5, 5.41) is 0. The first-order valence-corrected chi connectivity index (χ1v) is 9.88. The zero-order valence-corrected chi connectivity index (χ0v) is 14.0. The summed E-state index contributed by atoms with van der Waals surface area (Å²) in [5.74, 6) is 1.18. The van der Waals surface area contributed by atoms with Crippen molar-refractivity contribution in [3.05, 3.63) is 12.7 Å². The van der Waals surface area contributed by atoms with E-state index in [9.17, 15) is 0 Å². The SMILES string of the molecule is C=CC[C@@H]1O[C@H](C[C@H](C)CCPP)[C@H](OC)[C@H]1C. The van der Waals surface area contributed by atoms with Gasteiger partial charge in [0.15, 0.2) is 0 Å². The molecule has 1 fully saturated rings. The first-order chi connectivity index (χ1) is 8.63. The third kappa shape index (κ3) is 4.57. The maximum absolute atomic E-state index is 6.17. The standard InChI is InChI=1S/C14H28O2P2/c1-5-6-12-11(3)14(15-4)13(16-12)9-10(2)7-8-18-17/h5,10-14,18H,1,6-9,17H2,2-4H3/t10-,11+,12+,13-,14-/m1/s1. The van der Waals surface area contributed by atoms with E-state index in [1.807, 2.05) is 13.2 Å². The topological polar surface area (TPSA) is 18.5 Å². The Morgan fingerprint density at radius 3 is 2.78 bits per heavy atom. The minimum atomic E-state index is 0.246. The van der Waals surface area contributed by atoms with Gasteiger partial charge < -0.3 is 9.47 Å². The average molecular weight is 290 g/mol. The highest BCUT2D eigenvalue weighted by Gasteiger charge is 2.41. The van der Waals surface area contributed by atoms with Gasteiger partial charge in [0.1, 0.15) is 0 Å². The van der Waals surface area contributed by atoms with E-state index in [2.05, 4.69) is 29.4 Å². The van der Waals surface area contributed by atoms with Crippen molar-refractivity contribution in [2.75, 3.05) is 13.3 Å². The van der Waals surface area contributed by atoms with E-state index < -0.39 is 0 Å². The van der Waals surface area contributed by atoms with E-state index in [4.69, 9.17) is 9.47 Å². The quantitative estimate of drug-likeness (QED) is 0.499. The van der Waals surface area contributed by atoms with Crippen molar-refractivity contribution < 1.29 is 9.47 Å². The van der Waals surface area contributed by atoms with E-state index in [-0.39, 0.29) is 18.3 Å². The fraction of sp³-hybridized carbons (Fsp3) is 0.857. The summed E-state index contributed by atoms with van der Waals surface area (Å²) < 4.78 is 11.8. The zero-order chi connectivity index (χ0) is 13.5. The van der Waals surface area contributed by atoms with Gasteiger partial charge in [-0.1, -0.05) is 19.9 Å². The van der Waals surface area contributed by atoms with Crippen molar-refractivity contribution in [1.29, 1.82) is 0 Å². The molecular weight excluding hydrogens is 262 g/mol. The predicted octanol–water partition coefficient (Wildman–Crippen LogP) is 3.87. The van der Waals surface area contributed by atoms with Crippen molar-refractivity contribution in [2.45, 2.75) is 51.4 Å². The van der Waals surface area contributed by atoms with Crippen LogP contribution in [-0.2, 0) is 9.47 Å². The molecule has 7 atom stereocenters. The maximum atomic E-state index is 6.17. The molecule has 0 aliphatic carbocycles. The first-order valence-electron chi connectivity index (χ1n) is 6.86. The Morgan fingerprint density at radius 2 is 2.22 bits per heavy atom. The van der Waals surface area contributed by atoms with Gasteiger partial charge in [-0.05, 0) is 31.3 Å². The van der Waals surface area contributed by atoms with Crippen LogP contribution in [0.15, 0.2) is 12.7 Å². The second kappa shape index (κ2) is 8.64. The van der Waals surface area contributed by atoms with E-state index in [0.717, 1.165) is 27.0 Å². The summed E-state index contributed by atoms with van der Waals surface area (Å²) >= 11 is 0. The van der Waals surface area contributed by atoms with Gasteiger partial charge in [-0.2, -0.15) is 0 Å². The Kier molecular flexibility index (Phi) is 7.96. The lowest BCUT2D eigenvalue weighted by molar-refractivity contribution is -0.0165. The van der Waals surface area contributed by atoms with Crippen LogP contribution in [0.5, 0.6) is 0 Å². The van der Waals surface area contributed by atoms with E-state index in [1.165, 1.54) is 12.6 Å². The summed E-state index contributed by atoms with van der Waals surface area (Å²) in [6.45, 7) is 8.37.